The number of aromatic nitrogens is 1. The van der Waals surface area contributed by atoms with Crippen molar-refractivity contribution in [3.8, 4) is 6.07 Å². The SMILES string of the molecule is N#Cc1ccc2ccn(Cc3ccc(F)cc3)c2c1. The molecule has 3 rings (SSSR count). The minimum atomic E-state index is -0.229. The van der Waals surface area contributed by atoms with E-state index in [0.29, 0.717) is 12.1 Å². The molecule has 1 aromatic heterocycles. The van der Waals surface area contributed by atoms with Crippen LogP contribution in [0, 0.1) is 17.1 Å². The Labute approximate surface area is 110 Å². The highest BCUT2D eigenvalue weighted by Gasteiger charge is 2.03. The molecule has 92 valence electrons. The molecule has 2 nitrogen and oxygen atoms in total. The van der Waals surface area contributed by atoms with E-state index in [1.54, 1.807) is 12.1 Å². The van der Waals surface area contributed by atoms with Crippen molar-refractivity contribution in [2.24, 2.45) is 0 Å². The minimum Gasteiger partial charge on any atom is -0.343 e. The normalized spacial score (nSPS) is 10.5. The van der Waals surface area contributed by atoms with Crippen molar-refractivity contribution >= 4 is 10.9 Å². The van der Waals surface area contributed by atoms with Crippen LogP contribution in [0.1, 0.15) is 11.1 Å². The maximum Gasteiger partial charge on any atom is 0.123 e. The summed E-state index contributed by atoms with van der Waals surface area (Å²) in [6.45, 7) is 0.665. The summed E-state index contributed by atoms with van der Waals surface area (Å²) in [4.78, 5) is 0. The topological polar surface area (TPSA) is 28.7 Å². The molecule has 0 radical (unpaired) electrons. The minimum absolute atomic E-state index is 0.229. The zero-order chi connectivity index (χ0) is 13.2. The Kier molecular flexibility index (Phi) is 2.77. The lowest BCUT2D eigenvalue weighted by molar-refractivity contribution is 0.626. The Morgan fingerprint density at radius 2 is 1.84 bits per heavy atom. The van der Waals surface area contributed by atoms with Crippen molar-refractivity contribution in [1.82, 2.24) is 4.57 Å². The zero-order valence-corrected chi connectivity index (χ0v) is 10.2. The van der Waals surface area contributed by atoms with Crippen LogP contribution >= 0.6 is 0 Å². The van der Waals surface area contributed by atoms with Gasteiger partial charge in [-0.2, -0.15) is 5.26 Å². The molecule has 0 aliphatic heterocycles. The van der Waals surface area contributed by atoms with Crippen molar-refractivity contribution in [1.29, 1.82) is 5.26 Å². The van der Waals surface area contributed by atoms with Crippen LogP contribution < -0.4 is 0 Å². The standard InChI is InChI=1S/C16H11FN2/c17-15-5-2-12(3-6-15)11-19-8-7-14-4-1-13(10-18)9-16(14)19/h1-9H,11H2. The monoisotopic (exact) mass is 250 g/mol. The Morgan fingerprint density at radius 3 is 2.58 bits per heavy atom. The van der Waals surface area contributed by atoms with Crippen LogP contribution in [0.4, 0.5) is 4.39 Å². The van der Waals surface area contributed by atoms with Gasteiger partial charge in [0.1, 0.15) is 5.82 Å². The Bertz CT molecular complexity index is 764. The van der Waals surface area contributed by atoms with Gasteiger partial charge in [-0.1, -0.05) is 18.2 Å². The molecule has 1 heterocycles. The maximum atomic E-state index is 12.9. The largest absolute Gasteiger partial charge is 0.343 e. The van der Waals surface area contributed by atoms with E-state index in [-0.39, 0.29) is 5.82 Å². The van der Waals surface area contributed by atoms with Crippen LogP contribution in [0.5, 0.6) is 0 Å². The summed E-state index contributed by atoms with van der Waals surface area (Å²) in [6, 6.07) is 16.2. The second-order valence-electron chi connectivity index (χ2n) is 4.46. The summed E-state index contributed by atoms with van der Waals surface area (Å²) < 4.78 is 14.9. The maximum absolute atomic E-state index is 12.9. The number of halogens is 1. The molecule has 0 N–H and O–H groups in total. The second-order valence-corrected chi connectivity index (χ2v) is 4.46. The van der Waals surface area contributed by atoms with Gasteiger partial charge < -0.3 is 4.57 Å². The number of nitrogens with zero attached hydrogens (tertiary/aromatic N) is 2. The average Bonchev–Trinajstić information content (AvgIpc) is 2.84. The van der Waals surface area contributed by atoms with Crippen molar-refractivity contribution in [3.63, 3.8) is 0 Å². The average molecular weight is 250 g/mol. The summed E-state index contributed by atoms with van der Waals surface area (Å²) in [6.07, 6.45) is 1.98. The molecule has 0 atom stereocenters. The molecule has 0 fully saturated rings. The molecule has 0 bridgehead atoms. The molecule has 19 heavy (non-hydrogen) atoms. The van der Waals surface area contributed by atoms with Gasteiger partial charge in [0.25, 0.3) is 0 Å². The molecule has 0 aliphatic carbocycles. The first-order chi connectivity index (χ1) is 9.26. The van der Waals surface area contributed by atoms with Gasteiger partial charge in [-0.25, -0.2) is 4.39 Å². The van der Waals surface area contributed by atoms with Gasteiger partial charge in [0, 0.05) is 18.3 Å². The van der Waals surface area contributed by atoms with Crippen LogP contribution in [-0.4, -0.2) is 4.57 Å². The number of nitriles is 1. The highest BCUT2D eigenvalue weighted by Crippen LogP contribution is 2.19. The predicted octanol–water partition coefficient (Wildman–Crippen LogP) is 3.70. The lowest BCUT2D eigenvalue weighted by Gasteiger charge is -2.06. The fraction of sp³-hybridized carbons (Fsp3) is 0.0625. The third kappa shape index (κ3) is 2.21. The fourth-order valence-electron chi connectivity index (χ4n) is 2.18. The zero-order valence-electron chi connectivity index (χ0n) is 10.2. The first kappa shape index (κ1) is 11.5. The first-order valence-corrected chi connectivity index (χ1v) is 6.00. The molecular weight excluding hydrogens is 239 g/mol. The van der Waals surface area contributed by atoms with E-state index in [0.717, 1.165) is 16.5 Å². The molecule has 0 aliphatic rings. The first-order valence-electron chi connectivity index (χ1n) is 6.00. The van der Waals surface area contributed by atoms with Crippen molar-refractivity contribution in [2.45, 2.75) is 6.54 Å². The molecule has 0 saturated carbocycles. The van der Waals surface area contributed by atoms with E-state index in [2.05, 4.69) is 10.6 Å². The van der Waals surface area contributed by atoms with Gasteiger partial charge in [0.2, 0.25) is 0 Å². The van der Waals surface area contributed by atoms with E-state index in [1.807, 2.05) is 30.5 Å². The predicted molar refractivity (Wildman–Crippen MR) is 72.2 cm³/mol. The smallest absolute Gasteiger partial charge is 0.123 e. The summed E-state index contributed by atoms with van der Waals surface area (Å²) in [7, 11) is 0. The van der Waals surface area contributed by atoms with E-state index in [4.69, 9.17) is 5.26 Å². The van der Waals surface area contributed by atoms with Crippen LogP contribution in [-0.2, 0) is 6.54 Å². The molecule has 2 aromatic carbocycles. The van der Waals surface area contributed by atoms with Crippen LogP contribution in [0.3, 0.4) is 0 Å². The van der Waals surface area contributed by atoms with E-state index in [1.165, 1.54) is 12.1 Å². The lowest BCUT2D eigenvalue weighted by Crippen LogP contribution is -1.97. The van der Waals surface area contributed by atoms with Crippen molar-refractivity contribution in [3.05, 3.63) is 71.7 Å². The molecule has 0 saturated heterocycles. The highest BCUT2D eigenvalue weighted by atomic mass is 19.1. The molecule has 3 heteroatoms. The quantitative estimate of drug-likeness (QED) is 0.681. The Morgan fingerprint density at radius 1 is 1.05 bits per heavy atom. The fourth-order valence-corrected chi connectivity index (χ4v) is 2.18. The van der Waals surface area contributed by atoms with Crippen molar-refractivity contribution in [2.75, 3.05) is 0 Å². The molecule has 0 unspecified atom stereocenters. The third-order valence-corrected chi connectivity index (χ3v) is 3.17. The molecule has 0 spiro atoms. The van der Waals surface area contributed by atoms with Gasteiger partial charge >= 0.3 is 0 Å². The van der Waals surface area contributed by atoms with Crippen LogP contribution in [0.25, 0.3) is 10.9 Å². The van der Waals surface area contributed by atoms with Gasteiger partial charge in [-0.3, -0.25) is 0 Å². The number of hydrogen-bond donors (Lipinski definition) is 0. The van der Waals surface area contributed by atoms with E-state index >= 15 is 0 Å². The highest BCUT2D eigenvalue weighted by molar-refractivity contribution is 5.81. The lowest BCUT2D eigenvalue weighted by atomic mass is 10.2. The van der Waals surface area contributed by atoms with E-state index in [9.17, 15) is 4.39 Å². The van der Waals surface area contributed by atoms with Gasteiger partial charge in [-0.15, -0.1) is 0 Å². The van der Waals surface area contributed by atoms with Crippen molar-refractivity contribution < 1.29 is 4.39 Å². The third-order valence-electron chi connectivity index (χ3n) is 3.17. The van der Waals surface area contributed by atoms with Crippen LogP contribution in [0.2, 0.25) is 0 Å². The number of hydrogen-bond acceptors (Lipinski definition) is 1. The summed E-state index contributed by atoms with van der Waals surface area (Å²) in [5.41, 5.74) is 2.69. The summed E-state index contributed by atoms with van der Waals surface area (Å²) >= 11 is 0. The second kappa shape index (κ2) is 4.58. The number of rotatable bonds is 2. The van der Waals surface area contributed by atoms with Gasteiger partial charge in [0.15, 0.2) is 0 Å². The molecule has 0 amide bonds. The number of fused-ring (bicyclic) bond motifs is 1. The number of benzene rings is 2. The Hall–Kier alpha value is -2.60. The Balaban J connectivity index is 2.01. The molecular formula is C16H11FN2. The summed E-state index contributed by atoms with van der Waals surface area (Å²) in [5, 5.41) is 10.0. The summed E-state index contributed by atoms with van der Waals surface area (Å²) in [5.74, 6) is -0.229. The molecule has 3 aromatic rings. The van der Waals surface area contributed by atoms with Crippen LogP contribution in [0.15, 0.2) is 54.7 Å². The van der Waals surface area contributed by atoms with Gasteiger partial charge in [-0.05, 0) is 41.3 Å². The van der Waals surface area contributed by atoms with Gasteiger partial charge in [0.05, 0.1) is 11.6 Å². The van der Waals surface area contributed by atoms with E-state index < -0.39 is 0 Å².